The van der Waals surface area contributed by atoms with Gasteiger partial charge in [0.25, 0.3) is 11.8 Å². The number of carboxylic acid groups (broad SMARTS) is 1. The molecule has 3 rings (SSSR count). The van der Waals surface area contributed by atoms with E-state index < -0.39 is 35.8 Å². The fourth-order valence-electron chi connectivity index (χ4n) is 2.72. The fourth-order valence-corrected chi connectivity index (χ4v) is 4.05. The fraction of sp³-hybridized carbons (Fsp3) is 0.333. The molecule has 2 aliphatic heterocycles. The molecule has 3 heterocycles. The van der Waals surface area contributed by atoms with Crippen LogP contribution in [-0.2, 0) is 19.2 Å². The number of carbonyl (C=O) groups excluding carboxylic acids is 2. The van der Waals surface area contributed by atoms with E-state index in [0.717, 1.165) is 4.90 Å². The summed E-state index contributed by atoms with van der Waals surface area (Å²) in [6, 6.07) is 2.17. The van der Waals surface area contributed by atoms with Crippen LogP contribution in [-0.4, -0.2) is 69.5 Å². The predicted molar refractivity (Wildman–Crippen MR) is 90.1 cm³/mol. The number of thioether (sulfide) groups is 1. The molecule has 1 saturated heterocycles. The zero-order valence-electron chi connectivity index (χ0n) is 15.5. The van der Waals surface area contributed by atoms with Gasteiger partial charge in [0.2, 0.25) is 5.71 Å². The SMILES string of the molecule is CO/N=C(/C(=O)N[C@@H]1C(=O)N2C(C(=O)O)=C(CO)CS[C@H]12)c1ccco1.[H-].[Na+]. The standard InChI is InChI=1S/C15H15N3O7S.Na.H/c1-24-17-9(8-3-2-4-25-8)12(20)16-10-13(21)18-11(15(22)23)7(5-19)6-26-14(10)18;;/h2-4,10,14,19H,5-6H2,1H3,(H,16,20)(H,22,23);;/q;+1;-1/b17-9+;;/t10-,14-;;/m1../s1. The Hall–Kier alpha value is -1.79. The molecule has 2 aliphatic rings. The van der Waals surface area contributed by atoms with Gasteiger partial charge in [-0.2, -0.15) is 0 Å². The smallest absolute Gasteiger partial charge is 1.00 e. The number of nitrogens with one attached hydrogen (secondary N) is 1. The molecule has 140 valence electrons. The number of carboxylic acids is 1. The summed E-state index contributed by atoms with van der Waals surface area (Å²) in [6.07, 6.45) is 1.36. The molecule has 0 saturated carbocycles. The monoisotopic (exact) mass is 405 g/mol. The number of β-lactam (4-membered cyclic amide) rings is 1. The Kier molecular flexibility index (Phi) is 7.12. The molecular formula is C15H16N3NaO7S. The van der Waals surface area contributed by atoms with Crippen LogP contribution in [0.1, 0.15) is 7.19 Å². The maximum absolute atomic E-state index is 12.5. The van der Waals surface area contributed by atoms with Crippen LogP contribution in [0.4, 0.5) is 0 Å². The van der Waals surface area contributed by atoms with Crippen molar-refractivity contribution in [3.63, 3.8) is 0 Å². The molecular weight excluding hydrogens is 389 g/mol. The van der Waals surface area contributed by atoms with E-state index in [1.165, 1.54) is 31.2 Å². The molecule has 0 aromatic carbocycles. The maximum atomic E-state index is 12.5. The van der Waals surface area contributed by atoms with Crippen LogP contribution in [0.2, 0.25) is 0 Å². The van der Waals surface area contributed by atoms with Crippen molar-refractivity contribution in [2.24, 2.45) is 5.16 Å². The number of fused-ring (bicyclic) bond motifs is 1. The Bertz CT molecular complexity index is 815. The van der Waals surface area contributed by atoms with Crippen molar-refractivity contribution in [1.82, 2.24) is 10.2 Å². The Morgan fingerprint density at radius 1 is 1.56 bits per heavy atom. The van der Waals surface area contributed by atoms with E-state index in [-0.39, 0.29) is 59.5 Å². The molecule has 1 fully saturated rings. The van der Waals surface area contributed by atoms with Gasteiger partial charge in [-0.1, -0.05) is 5.16 Å². The quantitative estimate of drug-likeness (QED) is 0.191. The first-order chi connectivity index (χ1) is 12.5. The van der Waals surface area contributed by atoms with E-state index in [1.54, 1.807) is 6.07 Å². The minimum atomic E-state index is -1.30. The normalized spacial score (nSPS) is 21.8. The first kappa shape index (κ1) is 21.5. The number of oxime groups is 1. The number of aliphatic hydroxyl groups is 1. The summed E-state index contributed by atoms with van der Waals surface area (Å²) >= 11 is 1.26. The summed E-state index contributed by atoms with van der Waals surface area (Å²) in [6.45, 7) is -0.453. The number of hydrogen-bond donors (Lipinski definition) is 3. The number of rotatable bonds is 6. The number of aliphatic carboxylic acids is 1. The second-order valence-corrected chi connectivity index (χ2v) is 6.48. The summed E-state index contributed by atoms with van der Waals surface area (Å²) in [5.74, 6) is -2.15. The maximum Gasteiger partial charge on any atom is 1.00 e. The van der Waals surface area contributed by atoms with E-state index >= 15 is 0 Å². The third-order valence-corrected chi connectivity index (χ3v) is 5.22. The molecule has 12 heteroatoms. The van der Waals surface area contributed by atoms with Gasteiger partial charge in [0, 0.05) is 5.75 Å². The van der Waals surface area contributed by atoms with Gasteiger partial charge in [-0.05, 0) is 17.7 Å². The number of aliphatic hydroxyl groups excluding tert-OH is 1. The van der Waals surface area contributed by atoms with Gasteiger partial charge >= 0.3 is 35.5 Å². The molecule has 3 N–H and O–H groups in total. The number of nitrogens with zero attached hydrogens (tertiary/aromatic N) is 2. The van der Waals surface area contributed by atoms with Gasteiger partial charge in [-0.3, -0.25) is 14.5 Å². The second-order valence-electron chi connectivity index (χ2n) is 5.38. The van der Waals surface area contributed by atoms with Crippen molar-refractivity contribution >= 4 is 35.3 Å². The van der Waals surface area contributed by atoms with Gasteiger partial charge in [0.1, 0.15) is 24.2 Å². The van der Waals surface area contributed by atoms with E-state index in [0.29, 0.717) is 0 Å². The van der Waals surface area contributed by atoms with Crippen molar-refractivity contribution in [3.8, 4) is 0 Å². The van der Waals surface area contributed by atoms with Crippen molar-refractivity contribution in [3.05, 3.63) is 35.4 Å². The first-order valence-corrected chi connectivity index (χ1v) is 8.51. The third kappa shape index (κ3) is 3.92. The van der Waals surface area contributed by atoms with Gasteiger partial charge in [0.05, 0.1) is 12.9 Å². The van der Waals surface area contributed by atoms with E-state index in [1.807, 2.05) is 0 Å². The zero-order chi connectivity index (χ0) is 18.8. The van der Waals surface area contributed by atoms with Crippen LogP contribution < -0.4 is 34.9 Å². The molecule has 0 aliphatic carbocycles. The Morgan fingerprint density at radius 2 is 2.30 bits per heavy atom. The van der Waals surface area contributed by atoms with Gasteiger partial charge in [-0.15, -0.1) is 11.8 Å². The number of hydrogen-bond acceptors (Lipinski definition) is 8. The van der Waals surface area contributed by atoms with Crippen molar-refractivity contribution in [2.75, 3.05) is 19.5 Å². The van der Waals surface area contributed by atoms with Crippen LogP contribution >= 0.6 is 11.8 Å². The minimum absolute atomic E-state index is 0. The number of furan rings is 1. The van der Waals surface area contributed by atoms with Crippen molar-refractivity contribution < 1.29 is 64.8 Å². The minimum Gasteiger partial charge on any atom is -1.00 e. The second kappa shape index (κ2) is 8.93. The van der Waals surface area contributed by atoms with Crippen molar-refractivity contribution in [2.45, 2.75) is 11.4 Å². The molecule has 0 radical (unpaired) electrons. The van der Waals surface area contributed by atoms with Gasteiger partial charge in [-0.25, -0.2) is 4.79 Å². The van der Waals surface area contributed by atoms with E-state index in [9.17, 15) is 24.6 Å². The van der Waals surface area contributed by atoms with Crippen LogP contribution in [0.25, 0.3) is 0 Å². The van der Waals surface area contributed by atoms with E-state index in [2.05, 4.69) is 15.3 Å². The largest absolute Gasteiger partial charge is 1.00 e. The summed E-state index contributed by atoms with van der Waals surface area (Å²) < 4.78 is 5.13. The van der Waals surface area contributed by atoms with Crippen LogP contribution in [0, 0.1) is 0 Å². The summed E-state index contributed by atoms with van der Waals surface area (Å²) in [5.41, 5.74) is -0.118. The summed E-state index contributed by atoms with van der Waals surface area (Å²) in [7, 11) is 1.27. The average molecular weight is 405 g/mol. The summed E-state index contributed by atoms with van der Waals surface area (Å²) in [5, 5.41) is 24.2. The number of carbonyl (C=O) groups is 3. The number of amides is 2. The molecule has 1 aromatic heterocycles. The van der Waals surface area contributed by atoms with Crippen LogP contribution in [0.5, 0.6) is 0 Å². The average Bonchev–Trinajstić information content (AvgIpc) is 3.16. The van der Waals surface area contributed by atoms with E-state index in [4.69, 9.17) is 4.42 Å². The van der Waals surface area contributed by atoms with Crippen LogP contribution in [0.15, 0.2) is 39.2 Å². The molecule has 0 unspecified atom stereocenters. The topological polar surface area (TPSA) is 142 Å². The molecule has 27 heavy (non-hydrogen) atoms. The Morgan fingerprint density at radius 3 is 2.85 bits per heavy atom. The molecule has 0 spiro atoms. The molecule has 10 nitrogen and oxygen atoms in total. The molecule has 0 bridgehead atoms. The summed E-state index contributed by atoms with van der Waals surface area (Å²) in [4.78, 5) is 42.0. The third-order valence-electron chi connectivity index (χ3n) is 3.88. The van der Waals surface area contributed by atoms with Crippen LogP contribution in [0.3, 0.4) is 0 Å². The Balaban J connectivity index is 0.00000196. The first-order valence-electron chi connectivity index (χ1n) is 7.46. The Labute approximate surface area is 181 Å². The zero-order valence-corrected chi connectivity index (χ0v) is 17.4. The van der Waals surface area contributed by atoms with Gasteiger partial charge in [0.15, 0.2) is 5.76 Å². The molecule has 2 amide bonds. The van der Waals surface area contributed by atoms with Gasteiger partial charge < -0.3 is 26.2 Å². The molecule has 1 aromatic rings. The molecule has 2 atom stereocenters. The van der Waals surface area contributed by atoms with Crippen molar-refractivity contribution in [1.29, 1.82) is 0 Å². The predicted octanol–water partition coefficient (Wildman–Crippen LogP) is -3.52.